The van der Waals surface area contributed by atoms with Gasteiger partial charge in [-0.1, -0.05) is 12.8 Å². The average molecular weight is 306 g/mol. The predicted octanol–water partition coefficient (Wildman–Crippen LogP) is 1.95. The first-order valence-corrected chi connectivity index (χ1v) is 7.32. The zero-order valence-electron chi connectivity index (χ0n) is 12.6. The fourth-order valence-corrected chi connectivity index (χ4v) is 2.48. The smallest absolute Gasteiger partial charge is 0.393 e. The Morgan fingerprint density at radius 2 is 2.09 bits per heavy atom. The lowest BCUT2D eigenvalue weighted by atomic mass is 10.2. The van der Waals surface area contributed by atoms with Gasteiger partial charge in [-0.05, 0) is 12.8 Å². The van der Waals surface area contributed by atoms with Crippen molar-refractivity contribution in [3.63, 3.8) is 0 Å². The number of ether oxygens (including phenoxy) is 1. The normalized spacial score (nSPS) is 14.8. The molecule has 1 saturated heterocycles. The molecule has 2 rings (SSSR count). The summed E-state index contributed by atoms with van der Waals surface area (Å²) in [5, 5.41) is 13.1. The molecule has 2 amide bonds. The molecule has 0 spiro atoms. The minimum atomic E-state index is -0.360. The highest BCUT2D eigenvalue weighted by Crippen LogP contribution is 2.13. The number of amides is 2. The monoisotopic (exact) mass is 306 g/mol. The molecule has 8 heteroatoms. The molecule has 0 aliphatic carbocycles. The van der Waals surface area contributed by atoms with Gasteiger partial charge in [-0.3, -0.25) is 4.79 Å². The fraction of sp³-hybridized carbons (Fsp3) is 0.571. The molecule has 1 aromatic rings. The van der Waals surface area contributed by atoms with E-state index in [1.807, 2.05) is 0 Å². The summed E-state index contributed by atoms with van der Waals surface area (Å²) in [5.41, 5.74) is 0.170. The summed E-state index contributed by atoms with van der Waals surface area (Å²) in [6.45, 7) is 1.30. The lowest BCUT2D eigenvalue weighted by molar-refractivity contribution is 0.167. The molecule has 0 atom stereocenters. The maximum absolute atomic E-state index is 12.4. The van der Waals surface area contributed by atoms with Crippen LogP contribution in [-0.2, 0) is 6.54 Å². The molecule has 0 radical (unpaired) electrons. The summed E-state index contributed by atoms with van der Waals surface area (Å²) in [4.78, 5) is 28.6. The molecule has 0 bridgehead atoms. The van der Waals surface area contributed by atoms with Gasteiger partial charge in [0.1, 0.15) is 6.54 Å². The van der Waals surface area contributed by atoms with Gasteiger partial charge in [-0.2, -0.15) is 0 Å². The van der Waals surface area contributed by atoms with Gasteiger partial charge in [-0.25, -0.2) is 4.79 Å². The molecule has 1 N–H and O–H groups in total. The van der Waals surface area contributed by atoms with Crippen LogP contribution in [0.3, 0.4) is 0 Å². The van der Waals surface area contributed by atoms with Crippen LogP contribution < -0.4 is 10.2 Å². The third kappa shape index (κ3) is 3.75. The lowest BCUT2D eigenvalue weighted by Gasteiger charge is -2.19. The highest BCUT2D eigenvalue weighted by atomic mass is 16.5. The van der Waals surface area contributed by atoms with E-state index < -0.39 is 0 Å². The van der Waals surface area contributed by atoms with Crippen LogP contribution in [0.4, 0.5) is 4.79 Å². The Bertz CT molecular complexity index is 614. The number of hydrogen-bond acceptors (Lipinski definition) is 4. The summed E-state index contributed by atoms with van der Waals surface area (Å²) in [6.07, 6.45) is 5.52. The van der Waals surface area contributed by atoms with Crippen molar-refractivity contribution in [3.05, 3.63) is 33.3 Å². The largest absolute Gasteiger partial charge is 0.491 e. The topological polar surface area (TPSA) is 93.8 Å². The maximum Gasteiger partial charge on any atom is 0.393 e. The Morgan fingerprint density at radius 1 is 1.41 bits per heavy atom. The lowest BCUT2D eigenvalue weighted by Crippen LogP contribution is -2.40. The first kappa shape index (κ1) is 15.8. The standard InChI is InChI=1S/C14H19N5O3/c1-22-13-9-16-11(8-12(13)20)10-19(17-15)14(21)18-6-4-2-3-5-7-18/h8-9H,2-7,10H2,1H3/p+1. The van der Waals surface area contributed by atoms with Crippen LogP contribution in [0.2, 0.25) is 0 Å². The van der Waals surface area contributed by atoms with E-state index in [4.69, 9.17) is 10.1 Å². The van der Waals surface area contributed by atoms with E-state index >= 15 is 0 Å². The molecule has 118 valence electrons. The second kappa shape index (κ2) is 7.45. The molecule has 0 aromatic carbocycles. The number of H-pyrrole nitrogens is 1. The molecule has 2 heterocycles. The maximum atomic E-state index is 12.4. The summed E-state index contributed by atoms with van der Waals surface area (Å²) >= 11 is 0. The number of aromatic amines is 1. The predicted molar refractivity (Wildman–Crippen MR) is 79.7 cm³/mol. The number of rotatable bonds is 3. The van der Waals surface area contributed by atoms with E-state index in [-0.39, 0.29) is 23.8 Å². The van der Waals surface area contributed by atoms with Crippen LogP contribution in [0.5, 0.6) is 5.75 Å². The van der Waals surface area contributed by atoms with Crippen molar-refractivity contribution in [2.75, 3.05) is 20.2 Å². The van der Waals surface area contributed by atoms with E-state index in [9.17, 15) is 9.59 Å². The number of urea groups is 1. The fourth-order valence-electron chi connectivity index (χ4n) is 2.48. The van der Waals surface area contributed by atoms with Crippen molar-refractivity contribution in [1.82, 2.24) is 14.9 Å². The molecule has 1 aromatic heterocycles. The number of carbonyl (C=O) groups excluding carboxylic acids is 1. The number of diazo groups is 1. The van der Waals surface area contributed by atoms with Gasteiger partial charge in [-0.15, -0.1) is 0 Å². The van der Waals surface area contributed by atoms with Crippen LogP contribution in [-0.4, -0.2) is 41.1 Å². The molecular weight excluding hydrogens is 286 g/mol. The van der Waals surface area contributed by atoms with Gasteiger partial charge in [0.15, 0.2) is 5.75 Å². The van der Waals surface area contributed by atoms with Crippen molar-refractivity contribution in [2.24, 2.45) is 0 Å². The highest BCUT2D eigenvalue weighted by Gasteiger charge is 2.30. The van der Waals surface area contributed by atoms with Crippen LogP contribution >= 0.6 is 0 Å². The van der Waals surface area contributed by atoms with Crippen LogP contribution in [0.1, 0.15) is 31.4 Å². The van der Waals surface area contributed by atoms with E-state index in [1.165, 1.54) is 19.4 Å². The van der Waals surface area contributed by atoms with Gasteiger partial charge in [0.05, 0.1) is 12.1 Å². The SMILES string of the molecule is COc1c[nH]c(CN([N+]#N)C(=O)N2CCCCCC2)cc1=O. The van der Waals surface area contributed by atoms with Crippen molar-refractivity contribution >= 4 is 6.03 Å². The number of pyridine rings is 1. The molecular formula is C14H20N5O3+. The van der Waals surface area contributed by atoms with E-state index in [1.54, 1.807) is 4.90 Å². The Kier molecular flexibility index (Phi) is 5.36. The van der Waals surface area contributed by atoms with Gasteiger partial charge in [0.2, 0.25) is 5.43 Å². The van der Waals surface area contributed by atoms with Gasteiger partial charge in [0.25, 0.3) is 5.39 Å². The number of nitrogens with one attached hydrogen (secondary N) is 1. The quantitative estimate of drug-likeness (QED) is 0.682. The number of likely N-dealkylation sites (tertiary alicyclic amines) is 1. The number of aromatic nitrogens is 1. The zero-order valence-corrected chi connectivity index (χ0v) is 12.6. The first-order chi connectivity index (χ1) is 10.7. The second-order valence-electron chi connectivity index (χ2n) is 5.22. The van der Waals surface area contributed by atoms with Crippen molar-refractivity contribution in [2.45, 2.75) is 32.2 Å². The molecule has 1 aliphatic rings. The Morgan fingerprint density at radius 3 is 2.64 bits per heavy atom. The van der Waals surface area contributed by atoms with Crippen LogP contribution in [0.25, 0.3) is 5.08 Å². The average Bonchev–Trinajstić information content (AvgIpc) is 2.81. The number of carbonyl (C=O) groups is 1. The summed E-state index contributed by atoms with van der Waals surface area (Å²) < 4.78 is 4.88. The third-order valence-corrected chi connectivity index (χ3v) is 3.68. The van der Waals surface area contributed by atoms with E-state index in [2.05, 4.69) is 10.1 Å². The van der Waals surface area contributed by atoms with Crippen LogP contribution in [0.15, 0.2) is 17.1 Å². The molecule has 0 unspecified atom stereocenters. The Hall–Kier alpha value is -2.56. The summed E-state index contributed by atoms with van der Waals surface area (Å²) in [7, 11) is 1.41. The molecule has 22 heavy (non-hydrogen) atoms. The minimum absolute atomic E-state index is 0.00886. The second-order valence-corrected chi connectivity index (χ2v) is 5.22. The van der Waals surface area contributed by atoms with Gasteiger partial charge in [0, 0.05) is 31.0 Å². The summed E-state index contributed by atoms with van der Waals surface area (Å²) in [6, 6.07) is 0.966. The van der Waals surface area contributed by atoms with E-state index in [0.717, 1.165) is 30.7 Å². The third-order valence-electron chi connectivity index (χ3n) is 3.68. The molecule has 0 saturated carbocycles. The minimum Gasteiger partial charge on any atom is -0.491 e. The Balaban J connectivity index is 2.08. The van der Waals surface area contributed by atoms with Crippen molar-refractivity contribution in [1.29, 1.82) is 5.39 Å². The van der Waals surface area contributed by atoms with Gasteiger partial charge < -0.3 is 14.6 Å². The Labute approximate surface area is 128 Å². The molecule has 1 fully saturated rings. The number of hydrogen-bond donors (Lipinski definition) is 1. The first-order valence-electron chi connectivity index (χ1n) is 7.32. The number of nitrogens with zero attached hydrogens (tertiary/aromatic N) is 4. The summed E-state index contributed by atoms with van der Waals surface area (Å²) in [5.74, 6) is 0.190. The molecule has 8 nitrogen and oxygen atoms in total. The van der Waals surface area contributed by atoms with Gasteiger partial charge >= 0.3 is 11.1 Å². The number of methoxy groups -OCH3 is 1. The molecule has 1 aliphatic heterocycles. The van der Waals surface area contributed by atoms with Crippen molar-refractivity contribution < 1.29 is 9.53 Å². The van der Waals surface area contributed by atoms with Crippen LogP contribution in [0, 0.1) is 5.39 Å². The van der Waals surface area contributed by atoms with Crippen molar-refractivity contribution in [3.8, 4) is 5.75 Å². The highest BCUT2D eigenvalue weighted by molar-refractivity contribution is 5.74. The van der Waals surface area contributed by atoms with E-state index in [0.29, 0.717) is 18.8 Å². The zero-order chi connectivity index (χ0) is 15.9.